The van der Waals surface area contributed by atoms with Gasteiger partial charge in [-0.15, -0.1) is 0 Å². The number of rotatable bonds is 5. The maximum atomic E-state index is 13.3. The summed E-state index contributed by atoms with van der Waals surface area (Å²) in [6.07, 6.45) is -3.22. The van der Waals surface area contributed by atoms with E-state index in [1.54, 1.807) is 16.8 Å². The minimum Gasteiger partial charge on any atom is -0.380 e. The standard InChI is InChI=1S/C18H18F3N5O2S/c1-11-7-12(2)26(25-11)17-6-3-13(10-24-17)9-23-16-5-4-14(29(22,27)28)8-15(16)18(19,20)21/h3-8,10,23H,9H2,1-2H3,(H2,22,27,28). The zero-order chi connectivity index (χ0) is 21.4. The topological polar surface area (TPSA) is 103 Å². The summed E-state index contributed by atoms with van der Waals surface area (Å²) in [6, 6.07) is 7.92. The Labute approximate surface area is 165 Å². The Morgan fingerprint density at radius 1 is 1.14 bits per heavy atom. The number of aryl methyl sites for hydroxylation is 2. The van der Waals surface area contributed by atoms with E-state index in [2.05, 4.69) is 15.4 Å². The van der Waals surface area contributed by atoms with E-state index in [0.717, 1.165) is 23.5 Å². The summed E-state index contributed by atoms with van der Waals surface area (Å²) in [4.78, 5) is 3.69. The van der Waals surface area contributed by atoms with Gasteiger partial charge in [0.2, 0.25) is 10.0 Å². The predicted octanol–water partition coefficient (Wildman–Crippen LogP) is 3.16. The molecule has 154 valence electrons. The van der Waals surface area contributed by atoms with E-state index in [9.17, 15) is 21.6 Å². The lowest BCUT2D eigenvalue weighted by Gasteiger charge is -2.16. The Kier molecular flexibility index (Phi) is 5.37. The Bertz CT molecular complexity index is 1140. The molecule has 2 aromatic heterocycles. The average Bonchev–Trinajstić information content (AvgIpc) is 2.97. The maximum Gasteiger partial charge on any atom is 0.418 e. The lowest BCUT2D eigenvalue weighted by Crippen LogP contribution is -2.16. The van der Waals surface area contributed by atoms with Gasteiger partial charge in [-0.1, -0.05) is 6.07 Å². The van der Waals surface area contributed by atoms with Crippen molar-refractivity contribution < 1.29 is 21.6 Å². The van der Waals surface area contributed by atoms with Crippen molar-refractivity contribution in [3.05, 3.63) is 65.1 Å². The molecule has 0 saturated heterocycles. The first-order chi connectivity index (χ1) is 13.4. The molecule has 0 radical (unpaired) electrons. The summed E-state index contributed by atoms with van der Waals surface area (Å²) in [5.41, 5.74) is 1.02. The van der Waals surface area contributed by atoms with Crippen LogP contribution in [-0.2, 0) is 22.7 Å². The second-order valence-electron chi connectivity index (χ2n) is 6.47. The van der Waals surface area contributed by atoms with E-state index in [4.69, 9.17) is 5.14 Å². The third-order valence-electron chi connectivity index (χ3n) is 4.14. The SMILES string of the molecule is Cc1cc(C)n(-c2ccc(CNc3ccc(S(N)(=O)=O)cc3C(F)(F)F)cn2)n1. The monoisotopic (exact) mass is 425 g/mol. The number of hydrogen-bond donors (Lipinski definition) is 2. The van der Waals surface area contributed by atoms with Crippen LogP contribution in [-0.4, -0.2) is 23.2 Å². The molecular weight excluding hydrogens is 407 g/mol. The Hall–Kier alpha value is -2.92. The highest BCUT2D eigenvalue weighted by Gasteiger charge is 2.34. The molecule has 0 unspecified atom stereocenters. The van der Waals surface area contributed by atoms with Gasteiger partial charge in [-0.05, 0) is 49.7 Å². The summed E-state index contributed by atoms with van der Waals surface area (Å²) in [6.45, 7) is 3.81. The van der Waals surface area contributed by atoms with Gasteiger partial charge in [-0.25, -0.2) is 23.2 Å². The van der Waals surface area contributed by atoms with Crippen molar-refractivity contribution in [1.29, 1.82) is 0 Å². The molecular formula is C18H18F3N5O2S. The smallest absolute Gasteiger partial charge is 0.380 e. The van der Waals surface area contributed by atoms with Crippen LogP contribution in [0.2, 0.25) is 0 Å². The molecule has 0 aliphatic carbocycles. The van der Waals surface area contributed by atoms with E-state index in [1.807, 2.05) is 19.9 Å². The molecule has 2 heterocycles. The fourth-order valence-electron chi connectivity index (χ4n) is 2.79. The first kappa shape index (κ1) is 20.8. The number of nitrogens with one attached hydrogen (secondary N) is 1. The van der Waals surface area contributed by atoms with E-state index >= 15 is 0 Å². The fraction of sp³-hybridized carbons (Fsp3) is 0.222. The molecule has 7 nitrogen and oxygen atoms in total. The van der Waals surface area contributed by atoms with Gasteiger partial charge in [-0.2, -0.15) is 18.3 Å². The van der Waals surface area contributed by atoms with Gasteiger partial charge in [-0.3, -0.25) is 0 Å². The largest absolute Gasteiger partial charge is 0.418 e. The molecule has 3 aromatic rings. The zero-order valence-electron chi connectivity index (χ0n) is 15.5. The highest BCUT2D eigenvalue weighted by Crippen LogP contribution is 2.36. The number of anilines is 1. The summed E-state index contributed by atoms with van der Waals surface area (Å²) >= 11 is 0. The van der Waals surface area contributed by atoms with Gasteiger partial charge in [0, 0.05) is 24.1 Å². The number of alkyl halides is 3. The average molecular weight is 425 g/mol. The predicted molar refractivity (Wildman–Crippen MR) is 101 cm³/mol. The van der Waals surface area contributed by atoms with Crippen LogP contribution in [0.25, 0.3) is 5.82 Å². The van der Waals surface area contributed by atoms with Crippen LogP contribution in [0.3, 0.4) is 0 Å². The number of benzene rings is 1. The van der Waals surface area contributed by atoms with Crippen LogP contribution in [0, 0.1) is 13.8 Å². The van der Waals surface area contributed by atoms with Gasteiger partial charge in [0.25, 0.3) is 0 Å². The van der Waals surface area contributed by atoms with Crippen LogP contribution in [0.5, 0.6) is 0 Å². The van der Waals surface area contributed by atoms with Crippen molar-refractivity contribution in [2.45, 2.75) is 31.5 Å². The Balaban J connectivity index is 1.81. The van der Waals surface area contributed by atoms with Crippen molar-refractivity contribution in [1.82, 2.24) is 14.8 Å². The van der Waals surface area contributed by atoms with Crippen molar-refractivity contribution in [3.63, 3.8) is 0 Å². The number of sulfonamides is 1. The zero-order valence-corrected chi connectivity index (χ0v) is 16.3. The van der Waals surface area contributed by atoms with Crippen LogP contribution >= 0.6 is 0 Å². The number of primary sulfonamides is 1. The maximum absolute atomic E-state index is 13.3. The molecule has 3 N–H and O–H groups in total. The molecule has 0 spiro atoms. The highest BCUT2D eigenvalue weighted by atomic mass is 32.2. The number of hydrogen-bond acceptors (Lipinski definition) is 5. The summed E-state index contributed by atoms with van der Waals surface area (Å²) in [5, 5.41) is 11.9. The molecule has 0 atom stereocenters. The molecule has 3 rings (SSSR count). The molecule has 0 amide bonds. The van der Waals surface area contributed by atoms with Gasteiger partial charge >= 0.3 is 6.18 Å². The van der Waals surface area contributed by atoms with Crippen molar-refractivity contribution in [2.75, 3.05) is 5.32 Å². The number of nitrogens with zero attached hydrogens (tertiary/aromatic N) is 3. The normalized spacial score (nSPS) is 12.2. The van der Waals surface area contributed by atoms with E-state index < -0.39 is 26.7 Å². The number of aromatic nitrogens is 3. The van der Waals surface area contributed by atoms with Crippen LogP contribution in [0.15, 0.2) is 47.5 Å². The minimum atomic E-state index is -4.75. The van der Waals surface area contributed by atoms with Crippen molar-refractivity contribution in [2.24, 2.45) is 5.14 Å². The van der Waals surface area contributed by atoms with E-state index in [0.29, 0.717) is 17.4 Å². The molecule has 0 aliphatic heterocycles. The van der Waals surface area contributed by atoms with E-state index in [1.165, 1.54) is 6.20 Å². The number of halogens is 3. The molecule has 0 aliphatic rings. The molecule has 29 heavy (non-hydrogen) atoms. The van der Waals surface area contributed by atoms with Crippen LogP contribution < -0.4 is 10.5 Å². The van der Waals surface area contributed by atoms with Gasteiger partial charge in [0.15, 0.2) is 5.82 Å². The molecule has 0 fully saturated rings. The molecule has 0 bridgehead atoms. The first-order valence-corrected chi connectivity index (χ1v) is 9.96. The molecule has 1 aromatic carbocycles. The number of pyridine rings is 1. The van der Waals surface area contributed by atoms with Gasteiger partial charge in [0.05, 0.1) is 16.2 Å². The summed E-state index contributed by atoms with van der Waals surface area (Å²) in [5.74, 6) is 0.591. The number of nitrogens with two attached hydrogens (primary N) is 1. The van der Waals surface area contributed by atoms with Gasteiger partial charge < -0.3 is 5.32 Å². The molecule has 11 heteroatoms. The third kappa shape index (κ3) is 4.74. The fourth-order valence-corrected chi connectivity index (χ4v) is 3.33. The lowest BCUT2D eigenvalue weighted by molar-refractivity contribution is -0.137. The lowest BCUT2D eigenvalue weighted by atomic mass is 10.1. The second kappa shape index (κ2) is 7.48. The Morgan fingerprint density at radius 2 is 1.86 bits per heavy atom. The van der Waals surface area contributed by atoms with Crippen molar-refractivity contribution >= 4 is 15.7 Å². The van der Waals surface area contributed by atoms with E-state index in [-0.39, 0.29) is 12.2 Å². The second-order valence-corrected chi connectivity index (χ2v) is 8.03. The molecule has 0 saturated carbocycles. The Morgan fingerprint density at radius 3 is 2.38 bits per heavy atom. The van der Waals surface area contributed by atoms with Gasteiger partial charge in [0.1, 0.15) is 0 Å². The quantitative estimate of drug-likeness (QED) is 0.654. The summed E-state index contributed by atoms with van der Waals surface area (Å²) in [7, 11) is -4.25. The third-order valence-corrected chi connectivity index (χ3v) is 5.05. The highest BCUT2D eigenvalue weighted by molar-refractivity contribution is 7.89. The van der Waals surface area contributed by atoms with Crippen molar-refractivity contribution in [3.8, 4) is 5.82 Å². The van der Waals surface area contributed by atoms with Crippen LogP contribution in [0.4, 0.5) is 18.9 Å². The summed E-state index contributed by atoms with van der Waals surface area (Å²) < 4.78 is 64.3. The van der Waals surface area contributed by atoms with Crippen LogP contribution in [0.1, 0.15) is 22.5 Å². The minimum absolute atomic E-state index is 0.0577. The first-order valence-electron chi connectivity index (χ1n) is 8.41.